The van der Waals surface area contributed by atoms with Crippen LogP contribution in [0.4, 0.5) is 0 Å². The van der Waals surface area contributed by atoms with Crippen LogP contribution in [0.3, 0.4) is 0 Å². The minimum Gasteiger partial charge on any atom is -0.496 e. The monoisotopic (exact) mass is 236 g/mol. The number of nitrogens with zero attached hydrogens (tertiary/aromatic N) is 1. The Morgan fingerprint density at radius 2 is 2.00 bits per heavy atom. The van der Waals surface area contributed by atoms with Crippen LogP contribution in [-0.2, 0) is 12.8 Å². The van der Waals surface area contributed by atoms with E-state index < -0.39 is 0 Å². The number of aryl methyl sites for hydroxylation is 1. The van der Waals surface area contributed by atoms with Crippen molar-refractivity contribution in [3.8, 4) is 5.75 Å². The van der Waals surface area contributed by atoms with Crippen LogP contribution in [0.5, 0.6) is 5.75 Å². The van der Waals surface area contributed by atoms with E-state index >= 15 is 0 Å². The summed E-state index contributed by atoms with van der Waals surface area (Å²) in [4.78, 5) is 2.20. The van der Waals surface area contributed by atoms with Crippen molar-refractivity contribution in [1.82, 2.24) is 4.90 Å². The molecular weight excluding hydrogens is 212 g/mol. The van der Waals surface area contributed by atoms with Gasteiger partial charge in [-0.15, -0.1) is 0 Å². The number of ether oxygens (including phenoxy) is 1. The topological polar surface area (TPSA) is 38.5 Å². The van der Waals surface area contributed by atoms with Gasteiger partial charge in [0.25, 0.3) is 0 Å². The van der Waals surface area contributed by atoms with Gasteiger partial charge in [0.15, 0.2) is 0 Å². The van der Waals surface area contributed by atoms with Gasteiger partial charge in [0.2, 0.25) is 0 Å². The van der Waals surface area contributed by atoms with Gasteiger partial charge in [0.05, 0.1) is 7.11 Å². The van der Waals surface area contributed by atoms with Crippen LogP contribution in [0.2, 0.25) is 0 Å². The summed E-state index contributed by atoms with van der Waals surface area (Å²) in [5.74, 6) is 0.979. The van der Waals surface area contributed by atoms with E-state index in [-0.39, 0.29) is 0 Å². The van der Waals surface area contributed by atoms with Crippen molar-refractivity contribution < 1.29 is 4.74 Å². The summed E-state index contributed by atoms with van der Waals surface area (Å²) in [5.41, 5.74) is 8.20. The first-order valence-electron chi connectivity index (χ1n) is 6.18. The molecule has 3 nitrogen and oxygen atoms in total. The largest absolute Gasteiger partial charge is 0.496 e. The number of likely N-dealkylation sites (N-methyl/N-ethyl adjacent to an activating group) is 1. The maximum absolute atomic E-state index is 5.56. The van der Waals surface area contributed by atoms with E-state index in [1.807, 2.05) is 0 Å². The molecule has 1 aromatic rings. The van der Waals surface area contributed by atoms with Crippen molar-refractivity contribution in [3.63, 3.8) is 0 Å². The van der Waals surface area contributed by atoms with Crippen molar-refractivity contribution in [2.24, 2.45) is 5.73 Å². The zero-order valence-electron chi connectivity index (χ0n) is 11.2. The predicted octanol–water partition coefficient (Wildman–Crippen LogP) is 1.69. The van der Waals surface area contributed by atoms with Crippen LogP contribution in [0.1, 0.15) is 17.5 Å². The number of hydrogen-bond donors (Lipinski definition) is 1. The first-order valence-corrected chi connectivity index (χ1v) is 6.18. The van der Waals surface area contributed by atoms with Crippen molar-refractivity contribution in [2.75, 3.05) is 34.3 Å². The molecule has 0 aliphatic rings. The molecule has 0 aliphatic heterocycles. The van der Waals surface area contributed by atoms with E-state index in [9.17, 15) is 0 Å². The molecule has 1 rings (SSSR count). The molecule has 0 aliphatic carbocycles. The van der Waals surface area contributed by atoms with Crippen LogP contribution in [0.25, 0.3) is 0 Å². The molecule has 0 amide bonds. The average Bonchev–Trinajstić information content (AvgIpc) is 2.33. The third kappa shape index (κ3) is 4.75. The molecule has 1 aromatic carbocycles. The maximum atomic E-state index is 5.56. The lowest BCUT2D eigenvalue weighted by molar-refractivity contribution is 0.406. The highest BCUT2D eigenvalue weighted by Gasteiger charge is 2.04. The highest BCUT2D eigenvalue weighted by atomic mass is 16.5. The lowest BCUT2D eigenvalue weighted by Gasteiger charge is -2.12. The molecule has 0 saturated heterocycles. The molecular formula is C14H24N2O. The van der Waals surface area contributed by atoms with Gasteiger partial charge < -0.3 is 15.4 Å². The van der Waals surface area contributed by atoms with Gasteiger partial charge >= 0.3 is 0 Å². The summed E-state index contributed by atoms with van der Waals surface area (Å²) >= 11 is 0. The molecule has 0 heterocycles. The van der Waals surface area contributed by atoms with E-state index in [4.69, 9.17) is 10.5 Å². The minimum absolute atomic E-state index is 0.727. The number of benzene rings is 1. The van der Waals surface area contributed by atoms with Gasteiger partial charge in [0, 0.05) is 6.54 Å². The Morgan fingerprint density at radius 1 is 1.24 bits per heavy atom. The van der Waals surface area contributed by atoms with Gasteiger partial charge in [-0.1, -0.05) is 12.1 Å². The van der Waals surface area contributed by atoms with Crippen LogP contribution in [0.15, 0.2) is 18.2 Å². The van der Waals surface area contributed by atoms with Crippen molar-refractivity contribution in [2.45, 2.75) is 19.3 Å². The summed E-state index contributed by atoms with van der Waals surface area (Å²) in [6.45, 7) is 1.80. The summed E-state index contributed by atoms with van der Waals surface area (Å²) in [7, 11) is 5.92. The Morgan fingerprint density at radius 3 is 2.59 bits per heavy atom. The van der Waals surface area contributed by atoms with Gasteiger partial charge in [-0.3, -0.25) is 0 Å². The fraction of sp³-hybridized carbons (Fsp3) is 0.571. The van der Waals surface area contributed by atoms with Crippen molar-refractivity contribution in [1.29, 1.82) is 0 Å². The third-order valence-corrected chi connectivity index (χ3v) is 2.84. The van der Waals surface area contributed by atoms with Gasteiger partial charge in [0.1, 0.15) is 5.75 Å². The molecule has 0 saturated carbocycles. The van der Waals surface area contributed by atoms with Crippen molar-refractivity contribution >= 4 is 0 Å². The molecule has 17 heavy (non-hydrogen) atoms. The summed E-state index contributed by atoms with van der Waals surface area (Å²) in [6.07, 6.45) is 3.08. The normalized spacial score (nSPS) is 10.9. The molecule has 0 bridgehead atoms. The SMILES string of the molecule is COc1ccc(CCN(C)C)cc1CCCN. The van der Waals surface area contributed by atoms with Gasteiger partial charge in [-0.05, 0) is 57.1 Å². The van der Waals surface area contributed by atoms with E-state index in [1.165, 1.54) is 11.1 Å². The molecule has 0 atom stereocenters. The summed E-state index contributed by atoms with van der Waals surface area (Å²) in [5, 5.41) is 0. The molecule has 2 N–H and O–H groups in total. The smallest absolute Gasteiger partial charge is 0.122 e. The number of nitrogens with two attached hydrogens (primary N) is 1. The zero-order chi connectivity index (χ0) is 12.7. The first kappa shape index (κ1) is 14.0. The standard InChI is InChI=1S/C14H24N2O/c1-16(2)10-8-12-6-7-14(17-3)13(11-12)5-4-9-15/h6-7,11H,4-5,8-10,15H2,1-3H3. The average molecular weight is 236 g/mol. The Balaban J connectivity index is 2.73. The number of rotatable bonds is 7. The second-order valence-corrected chi connectivity index (χ2v) is 4.59. The number of methoxy groups -OCH3 is 1. The maximum Gasteiger partial charge on any atom is 0.122 e. The fourth-order valence-electron chi connectivity index (χ4n) is 1.83. The summed E-state index contributed by atoms with van der Waals surface area (Å²) < 4.78 is 5.37. The third-order valence-electron chi connectivity index (χ3n) is 2.84. The molecule has 3 heteroatoms. The molecule has 0 aromatic heterocycles. The van der Waals surface area contributed by atoms with E-state index in [1.54, 1.807) is 7.11 Å². The van der Waals surface area contributed by atoms with E-state index in [0.29, 0.717) is 0 Å². The highest BCUT2D eigenvalue weighted by Crippen LogP contribution is 2.21. The highest BCUT2D eigenvalue weighted by molar-refractivity contribution is 5.37. The Labute approximate surface area is 105 Å². The lowest BCUT2D eigenvalue weighted by Crippen LogP contribution is -2.15. The van der Waals surface area contributed by atoms with E-state index in [0.717, 1.165) is 38.1 Å². The Kier molecular flexibility index (Phi) is 6.01. The minimum atomic E-state index is 0.727. The Hall–Kier alpha value is -1.06. The van der Waals surface area contributed by atoms with E-state index in [2.05, 4.69) is 37.2 Å². The van der Waals surface area contributed by atoms with Crippen LogP contribution < -0.4 is 10.5 Å². The molecule has 0 fully saturated rings. The second kappa shape index (κ2) is 7.30. The predicted molar refractivity (Wildman–Crippen MR) is 72.6 cm³/mol. The Bertz CT molecular complexity index is 337. The fourth-order valence-corrected chi connectivity index (χ4v) is 1.83. The van der Waals surface area contributed by atoms with Crippen LogP contribution in [-0.4, -0.2) is 39.2 Å². The zero-order valence-corrected chi connectivity index (χ0v) is 11.2. The van der Waals surface area contributed by atoms with Crippen LogP contribution >= 0.6 is 0 Å². The summed E-state index contributed by atoms with van der Waals surface area (Å²) in [6, 6.07) is 6.46. The lowest BCUT2D eigenvalue weighted by atomic mass is 10.0. The molecule has 96 valence electrons. The number of hydrogen-bond acceptors (Lipinski definition) is 3. The van der Waals surface area contributed by atoms with Gasteiger partial charge in [-0.2, -0.15) is 0 Å². The molecule has 0 radical (unpaired) electrons. The van der Waals surface area contributed by atoms with Gasteiger partial charge in [-0.25, -0.2) is 0 Å². The first-order chi connectivity index (χ1) is 8.17. The van der Waals surface area contributed by atoms with Crippen LogP contribution in [0, 0.1) is 0 Å². The van der Waals surface area contributed by atoms with Crippen molar-refractivity contribution in [3.05, 3.63) is 29.3 Å². The quantitative estimate of drug-likeness (QED) is 0.783. The molecule has 0 spiro atoms. The molecule has 0 unspecified atom stereocenters. The second-order valence-electron chi connectivity index (χ2n) is 4.59.